The largest absolute Gasteiger partial charge is 0.394 e. The van der Waals surface area contributed by atoms with Crippen LogP contribution in [0, 0.1) is 0 Å². The van der Waals surface area contributed by atoms with E-state index >= 15 is 0 Å². The molecule has 1 atom stereocenters. The van der Waals surface area contributed by atoms with Crippen LogP contribution in [0.1, 0.15) is 33.1 Å². The van der Waals surface area contributed by atoms with Crippen molar-refractivity contribution in [2.45, 2.75) is 38.6 Å². The van der Waals surface area contributed by atoms with Crippen LogP contribution in [0.25, 0.3) is 0 Å². The zero-order chi connectivity index (χ0) is 15.3. The fourth-order valence-corrected chi connectivity index (χ4v) is 2.04. The number of aliphatic hydroxyl groups excluding tert-OH is 1. The van der Waals surface area contributed by atoms with Gasteiger partial charge in [-0.3, -0.25) is 0 Å². The Morgan fingerprint density at radius 1 is 1.10 bits per heavy atom. The highest BCUT2D eigenvalue weighted by atomic mass is 16.5. The van der Waals surface area contributed by atoms with Crippen LogP contribution in [0.2, 0.25) is 0 Å². The molecule has 0 radical (unpaired) electrons. The molecule has 0 saturated heterocycles. The van der Waals surface area contributed by atoms with Crippen LogP contribution in [0.15, 0.2) is 0 Å². The molecule has 0 spiro atoms. The SMILES string of the molecule is CCCNC(C)(CO)CCN(CCCOC)CCOC. The van der Waals surface area contributed by atoms with Gasteiger partial charge in [-0.25, -0.2) is 0 Å². The molecule has 0 aliphatic carbocycles. The molecule has 2 N–H and O–H groups in total. The van der Waals surface area contributed by atoms with Crippen LogP contribution in [0.4, 0.5) is 0 Å². The first kappa shape index (κ1) is 19.8. The van der Waals surface area contributed by atoms with Crippen molar-refractivity contribution in [1.29, 1.82) is 0 Å². The molecular formula is C15H34N2O3. The standard InChI is InChI=1S/C15H34N2O3/c1-5-8-16-15(2,14-18)7-10-17(11-13-20-4)9-6-12-19-3/h16,18H,5-14H2,1-4H3. The van der Waals surface area contributed by atoms with E-state index in [9.17, 15) is 5.11 Å². The highest BCUT2D eigenvalue weighted by molar-refractivity contribution is 4.83. The van der Waals surface area contributed by atoms with Gasteiger partial charge in [0.25, 0.3) is 0 Å². The molecule has 0 rings (SSSR count). The summed E-state index contributed by atoms with van der Waals surface area (Å²) in [6.07, 6.45) is 3.04. The topological polar surface area (TPSA) is 54.0 Å². The Hall–Kier alpha value is -0.200. The number of aliphatic hydroxyl groups is 1. The summed E-state index contributed by atoms with van der Waals surface area (Å²) in [6.45, 7) is 9.76. The average molecular weight is 290 g/mol. The van der Waals surface area contributed by atoms with Crippen LogP contribution in [-0.4, -0.2) is 75.8 Å². The van der Waals surface area contributed by atoms with Crippen molar-refractivity contribution >= 4 is 0 Å². The maximum atomic E-state index is 9.59. The molecule has 122 valence electrons. The highest BCUT2D eigenvalue weighted by Crippen LogP contribution is 2.10. The summed E-state index contributed by atoms with van der Waals surface area (Å²) < 4.78 is 10.3. The smallest absolute Gasteiger partial charge is 0.0611 e. The van der Waals surface area contributed by atoms with E-state index in [-0.39, 0.29) is 12.1 Å². The first-order chi connectivity index (χ1) is 9.61. The van der Waals surface area contributed by atoms with Crippen molar-refractivity contribution in [1.82, 2.24) is 10.2 Å². The van der Waals surface area contributed by atoms with Gasteiger partial charge in [0, 0.05) is 46.0 Å². The van der Waals surface area contributed by atoms with E-state index in [4.69, 9.17) is 9.47 Å². The Morgan fingerprint density at radius 3 is 2.35 bits per heavy atom. The van der Waals surface area contributed by atoms with E-state index < -0.39 is 0 Å². The quantitative estimate of drug-likeness (QED) is 0.469. The summed E-state index contributed by atoms with van der Waals surface area (Å²) in [5, 5.41) is 13.0. The second-order valence-corrected chi connectivity index (χ2v) is 5.58. The lowest BCUT2D eigenvalue weighted by Crippen LogP contribution is -2.48. The van der Waals surface area contributed by atoms with Crippen LogP contribution in [0.3, 0.4) is 0 Å². The van der Waals surface area contributed by atoms with Gasteiger partial charge < -0.3 is 24.8 Å². The van der Waals surface area contributed by atoms with E-state index in [1.54, 1.807) is 14.2 Å². The van der Waals surface area contributed by atoms with Gasteiger partial charge in [0.15, 0.2) is 0 Å². The fraction of sp³-hybridized carbons (Fsp3) is 1.00. The lowest BCUT2D eigenvalue weighted by molar-refractivity contribution is 0.112. The van der Waals surface area contributed by atoms with Gasteiger partial charge in [-0.05, 0) is 32.7 Å². The lowest BCUT2D eigenvalue weighted by Gasteiger charge is -2.32. The molecule has 5 nitrogen and oxygen atoms in total. The van der Waals surface area contributed by atoms with Gasteiger partial charge in [0.2, 0.25) is 0 Å². The second kappa shape index (κ2) is 12.5. The summed E-state index contributed by atoms with van der Waals surface area (Å²) in [6, 6.07) is 0. The third kappa shape index (κ3) is 9.66. The Balaban J connectivity index is 4.17. The van der Waals surface area contributed by atoms with Gasteiger partial charge in [0.05, 0.1) is 13.2 Å². The molecular weight excluding hydrogens is 256 g/mol. The number of methoxy groups -OCH3 is 2. The minimum Gasteiger partial charge on any atom is -0.394 e. The third-order valence-corrected chi connectivity index (χ3v) is 3.57. The highest BCUT2D eigenvalue weighted by Gasteiger charge is 2.22. The van der Waals surface area contributed by atoms with Crippen molar-refractivity contribution in [2.24, 2.45) is 0 Å². The van der Waals surface area contributed by atoms with E-state index in [0.29, 0.717) is 0 Å². The van der Waals surface area contributed by atoms with Gasteiger partial charge in [-0.2, -0.15) is 0 Å². The Labute approximate surface area is 124 Å². The maximum Gasteiger partial charge on any atom is 0.0611 e. The van der Waals surface area contributed by atoms with Crippen molar-refractivity contribution in [3.63, 3.8) is 0 Å². The number of hydrogen-bond acceptors (Lipinski definition) is 5. The molecule has 0 aromatic rings. The molecule has 0 heterocycles. The lowest BCUT2D eigenvalue weighted by atomic mass is 9.98. The molecule has 0 saturated carbocycles. The zero-order valence-electron chi connectivity index (χ0n) is 13.8. The van der Waals surface area contributed by atoms with E-state index in [2.05, 4.69) is 24.1 Å². The minimum absolute atomic E-state index is 0.170. The number of nitrogens with zero attached hydrogens (tertiary/aromatic N) is 1. The van der Waals surface area contributed by atoms with E-state index in [1.807, 2.05) is 0 Å². The maximum absolute atomic E-state index is 9.59. The van der Waals surface area contributed by atoms with E-state index in [1.165, 1.54) is 0 Å². The van der Waals surface area contributed by atoms with Crippen LogP contribution < -0.4 is 5.32 Å². The normalized spacial score (nSPS) is 14.7. The summed E-state index contributed by atoms with van der Waals surface area (Å²) in [5.74, 6) is 0. The summed E-state index contributed by atoms with van der Waals surface area (Å²) >= 11 is 0. The molecule has 0 amide bonds. The molecule has 0 aliphatic rings. The van der Waals surface area contributed by atoms with Crippen molar-refractivity contribution in [3.8, 4) is 0 Å². The monoisotopic (exact) mass is 290 g/mol. The van der Waals surface area contributed by atoms with E-state index in [0.717, 1.165) is 58.7 Å². The molecule has 1 unspecified atom stereocenters. The van der Waals surface area contributed by atoms with Gasteiger partial charge >= 0.3 is 0 Å². The molecule has 20 heavy (non-hydrogen) atoms. The third-order valence-electron chi connectivity index (χ3n) is 3.57. The number of rotatable bonds is 14. The van der Waals surface area contributed by atoms with Gasteiger partial charge in [-0.15, -0.1) is 0 Å². The minimum atomic E-state index is -0.192. The fourth-order valence-electron chi connectivity index (χ4n) is 2.04. The first-order valence-corrected chi connectivity index (χ1v) is 7.68. The summed E-state index contributed by atoms with van der Waals surface area (Å²) in [4.78, 5) is 2.38. The number of ether oxygens (including phenoxy) is 2. The Kier molecular flexibility index (Phi) is 12.4. The van der Waals surface area contributed by atoms with Crippen LogP contribution >= 0.6 is 0 Å². The van der Waals surface area contributed by atoms with Gasteiger partial charge in [0.1, 0.15) is 0 Å². The Bertz CT molecular complexity index is 217. The predicted octanol–water partition coefficient (Wildman–Crippen LogP) is 1.11. The average Bonchev–Trinajstić information content (AvgIpc) is 2.47. The van der Waals surface area contributed by atoms with Crippen LogP contribution in [-0.2, 0) is 9.47 Å². The molecule has 5 heteroatoms. The number of nitrogens with one attached hydrogen (secondary N) is 1. The predicted molar refractivity (Wildman–Crippen MR) is 83.2 cm³/mol. The molecule has 0 aromatic carbocycles. The van der Waals surface area contributed by atoms with Crippen molar-refractivity contribution in [3.05, 3.63) is 0 Å². The summed E-state index contributed by atoms with van der Waals surface area (Å²) in [5.41, 5.74) is -0.192. The zero-order valence-corrected chi connectivity index (χ0v) is 13.8. The molecule has 0 aliphatic heterocycles. The Morgan fingerprint density at radius 2 is 1.80 bits per heavy atom. The molecule has 0 bridgehead atoms. The first-order valence-electron chi connectivity index (χ1n) is 7.68. The van der Waals surface area contributed by atoms with Crippen molar-refractivity contribution in [2.75, 3.05) is 60.2 Å². The van der Waals surface area contributed by atoms with Crippen molar-refractivity contribution < 1.29 is 14.6 Å². The van der Waals surface area contributed by atoms with Crippen LogP contribution in [0.5, 0.6) is 0 Å². The van der Waals surface area contributed by atoms with Gasteiger partial charge in [-0.1, -0.05) is 6.92 Å². The summed E-state index contributed by atoms with van der Waals surface area (Å²) in [7, 11) is 3.46. The molecule has 0 aromatic heterocycles. The second-order valence-electron chi connectivity index (χ2n) is 5.58. The number of hydrogen-bond donors (Lipinski definition) is 2. The molecule has 0 fully saturated rings.